The maximum Gasteiger partial charge on any atom is 0.0191 e. The van der Waals surface area contributed by atoms with Gasteiger partial charge in [0.05, 0.1) is 0 Å². The number of hydrogen-bond donors (Lipinski definition) is 1. The SMILES string of the molecule is CCCCCCCCN1CCN(C(C)CN)CC1. The average Bonchev–Trinajstić information content (AvgIpc) is 2.42. The number of rotatable bonds is 9. The Kier molecular flexibility index (Phi) is 8.64. The largest absolute Gasteiger partial charge is 0.329 e. The Morgan fingerprint density at radius 3 is 2.17 bits per heavy atom. The van der Waals surface area contributed by atoms with Crippen LogP contribution in [0.1, 0.15) is 52.4 Å². The summed E-state index contributed by atoms with van der Waals surface area (Å²) in [6.45, 7) is 11.5. The first-order chi connectivity index (χ1) is 8.77. The van der Waals surface area contributed by atoms with Gasteiger partial charge in [-0.2, -0.15) is 0 Å². The van der Waals surface area contributed by atoms with E-state index in [9.17, 15) is 0 Å². The van der Waals surface area contributed by atoms with Gasteiger partial charge in [0.25, 0.3) is 0 Å². The van der Waals surface area contributed by atoms with Crippen molar-refractivity contribution in [3.8, 4) is 0 Å². The van der Waals surface area contributed by atoms with Gasteiger partial charge in [-0.25, -0.2) is 0 Å². The summed E-state index contributed by atoms with van der Waals surface area (Å²) in [6, 6.07) is 0.557. The molecule has 0 amide bonds. The second kappa shape index (κ2) is 9.76. The number of hydrogen-bond acceptors (Lipinski definition) is 3. The molecule has 0 aromatic carbocycles. The molecular weight excluding hydrogens is 222 g/mol. The number of unbranched alkanes of at least 4 members (excludes halogenated alkanes) is 5. The predicted octanol–water partition coefficient (Wildman–Crippen LogP) is 2.31. The monoisotopic (exact) mass is 255 g/mol. The van der Waals surface area contributed by atoms with Gasteiger partial charge in [0.15, 0.2) is 0 Å². The smallest absolute Gasteiger partial charge is 0.0191 e. The van der Waals surface area contributed by atoms with Crippen molar-refractivity contribution in [1.29, 1.82) is 0 Å². The molecule has 0 bridgehead atoms. The molecule has 1 atom stereocenters. The van der Waals surface area contributed by atoms with Crippen LogP contribution in [0.15, 0.2) is 0 Å². The van der Waals surface area contributed by atoms with Gasteiger partial charge >= 0.3 is 0 Å². The molecule has 1 unspecified atom stereocenters. The van der Waals surface area contributed by atoms with Crippen LogP contribution in [0.4, 0.5) is 0 Å². The summed E-state index contributed by atoms with van der Waals surface area (Å²) >= 11 is 0. The molecule has 1 aliphatic rings. The van der Waals surface area contributed by atoms with Gasteiger partial charge in [0.2, 0.25) is 0 Å². The van der Waals surface area contributed by atoms with Crippen LogP contribution in [-0.4, -0.2) is 55.1 Å². The molecule has 0 saturated carbocycles. The van der Waals surface area contributed by atoms with Crippen molar-refractivity contribution in [2.45, 2.75) is 58.4 Å². The molecule has 0 aromatic heterocycles. The predicted molar refractivity (Wildman–Crippen MR) is 79.9 cm³/mol. The van der Waals surface area contributed by atoms with Gasteiger partial charge in [-0.05, 0) is 19.9 Å². The number of nitrogens with zero attached hydrogens (tertiary/aromatic N) is 2. The van der Waals surface area contributed by atoms with Crippen LogP contribution in [0.3, 0.4) is 0 Å². The Labute approximate surface area is 114 Å². The van der Waals surface area contributed by atoms with Gasteiger partial charge in [-0.3, -0.25) is 4.90 Å². The van der Waals surface area contributed by atoms with E-state index in [2.05, 4.69) is 23.6 Å². The minimum atomic E-state index is 0.557. The lowest BCUT2D eigenvalue weighted by atomic mass is 10.1. The highest BCUT2D eigenvalue weighted by molar-refractivity contribution is 4.76. The summed E-state index contributed by atoms with van der Waals surface area (Å²) < 4.78 is 0. The molecule has 0 aliphatic carbocycles. The molecule has 1 fully saturated rings. The lowest BCUT2D eigenvalue weighted by Crippen LogP contribution is -2.51. The van der Waals surface area contributed by atoms with Crippen molar-refractivity contribution in [3.63, 3.8) is 0 Å². The van der Waals surface area contributed by atoms with Crippen molar-refractivity contribution in [3.05, 3.63) is 0 Å². The third kappa shape index (κ3) is 6.17. The zero-order valence-corrected chi connectivity index (χ0v) is 12.5. The van der Waals surface area contributed by atoms with Crippen molar-refractivity contribution in [1.82, 2.24) is 9.80 Å². The maximum atomic E-state index is 5.72. The molecule has 2 N–H and O–H groups in total. The van der Waals surface area contributed by atoms with Gasteiger partial charge in [-0.1, -0.05) is 39.0 Å². The average molecular weight is 255 g/mol. The van der Waals surface area contributed by atoms with E-state index in [1.54, 1.807) is 0 Å². The van der Waals surface area contributed by atoms with Gasteiger partial charge in [-0.15, -0.1) is 0 Å². The normalized spacial score (nSPS) is 20.2. The fraction of sp³-hybridized carbons (Fsp3) is 1.00. The Morgan fingerprint density at radius 1 is 0.944 bits per heavy atom. The van der Waals surface area contributed by atoms with E-state index in [4.69, 9.17) is 5.73 Å². The molecule has 1 saturated heterocycles. The topological polar surface area (TPSA) is 32.5 Å². The molecule has 18 heavy (non-hydrogen) atoms. The summed E-state index contributed by atoms with van der Waals surface area (Å²) in [4.78, 5) is 5.15. The van der Waals surface area contributed by atoms with E-state index in [-0.39, 0.29) is 0 Å². The molecule has 3 heteroatoms. The molecular formula is C15H33N3. The number of piperazine rings is 1. The molecule has 0 spiro atoms. The van der Waals surface area contributed by atoms with E-state index in [0.29, 0.717) is 6.04 Å². The van der Waals surface area contributed by atoms with Crippen LogP contribution in [0.2, 0.25) is 0 Å². The van der Waals surface area contributed by atoms with Crippen LogP contribution in [0, 0.1) is 0 Å². The molecule has 108 valence electrons. The lowest BCUT2D eigenvalue weighted by molar-refractivity contribution is 0.104. The molecule has 3 nitrogen and oxygen atoms in total. The summed E-state index contributed by atoms with van der Waals surface area (Å²) in [7, 11) is 0. The van der Waals surface area contributed by atoms with Crippen molar-refractivity contribution in [2.75, 3.05) is 39.3 Å². The quantitative estimate of drug-likeness (QED) is 0.642. The van der Waals surface area contributed by atoms with Crippen LogP contribution >= 0.6 is 0 Å². The summed E-state index contributed by atoms with van der Waals surface area (Å²) in [6.07, 6.45) is 8.42. The summed E-state index contributed by atoms with van der Waals surface area (Å²) in [5, 5.41) is 0. The number of nitrogens with two attached hydrogens (primary N) is 1. The standard InChI is InChI=1S/C15H33N3/c1-3-4-5-6-7-8-9-17-10-12-18(13-11-17)15(2)14-16/h15H,3-14,16H2,1-2H3. The van der Waals surface area contributed by atoms with E-state index >= 15 is 0 Å². The Hall–Kier alpha value is -0.120. The maximum absolute atomic E-state index is 5.72. The third-order valence-corrected chi connectivity index (χ3v) is 4.20. The second-order valence-corrected chi connectivity index (χ2v) is 5.73. The van der Waals surface area contributed by atoms with Crippen LogP contribution < -0.4 is 5.73 Å². The minimum Gasteiger partial charge on any atom is -0.329 e. The summed E-state index contributed by atoms with van der Waals surface area (Å²) in [5.74, 6) is 0. The molecule has 0 radical (unpaired) electrons. The lowest BCUT2D eigenvalue weighted by Gasteiger charge is -2.37. The first-order valence-corrected chi connectivity index (χ1v) is 7.94. The molecule has 1 aliphatic heterocycles. The van der Waals surface area contributed by atoms with Crippen LogP contribution in [0.5, 0.6) is 0 Å². The first kappa shape index (κ1) is 15.9. The highest BCUT2D eigenvalue weighted by atomic mass is 15.3. The van der Waals surface area contributed by atoms with Crippen molar-refractivity contribution in [2.24, 2.45) is 5.73 Å². The first-order valence-electron chi connectivity index (χ1n) is 7.94. The van der Waals surface area contributed by atoms with Gasteiger partial charge in [0.1, 0.15) is 0 Å². The van der Waals surface area contributed by atoms with E-state index < -0.39 is 0 Å². The zero-order chi connectivity index (χ0) is 13.2. The van der Waals surface area contributed by atoms with Crippen LogP contribution in [0.25, 0.3) is 0 Å². The van der Waals surface area contributed by atoms with E-state index in [0.717, 1.165) is 6.54 Å². The Balaban J connectivity index is 1.98. The van der Waals surface area contributed by atoms with Crippen molar-refractivity contribution >= 4 is 0 Å². The Morgan fingerprint density at radius 2 is 1.56 bits per heavy atom. The van der Waals surface area contributed by atoms with E-state index in [1.165, 1.54) is 71.2 Å². The fourth-order valence-electron chi connectivity index (χ4n) is 2.69. The fourth-order valence-corrected chi connectivity index (χ4v) is 2.69. The highest BCUT2D eigenvalue weighted by Gasteiger charge is 2.19. The van der Waals surface area contributed by atoms with Gasteiger partial charge < -0.3 is 10.6 Å². The minimum absolute atomic E-state index is 0.557. The highest BCUT2D eigenvalue weighted by Crippen LogP contribution is 2.09. The van der Waals surface area contributed by atoms with E-state index in [1.807, 2.05) is 0 Å². The summed E-state index contributed by atoms with van der Waals surface area (Å²) in [5.41, 5.74) is 5.72. The molecule has 1 heterocycles. The van der Waals surface area contributed by atoms with Crippen LogP contribution in [-0.2, 0) is 0 Å². The Bertz CT molecular complexity index is 188. The molecule has 0 aromatic rings. The zero-order valence-electron chi connectivity index (χ0n) is 12.5. The van der Waals surface area contributed by atoms with Crippen molar-refractivity contribution < 1.29 is 0 Å². The molecule has 1 rings (SSSR count). The van der Waals surface area contributed by atoms with Gasteiger partial charge in [0, 0.05) is 38.8 Å². The third-order valence-electron chi connectivity index (χ3n) is 4.20. The second-order valence-electron chi connectivity index (χ2n) is 5.73.